The summed E-state index contributed by atoms with van der Waals surface area (Å²) in [7, 11) is 0. The smallest absolute Gasteiger partial charge is 0.241 e. The Hall–Kier alpha value is -0.620. The molecule has 1 heterocycles. The van der Waals surface area contributed by atoms with Crippen LogP contribution in [-0.2, 0) is 4.79 Å². The van der Waals surface area contributed by atoms with E-state index >= 15 is 0 Å². The van der Waals surface area contributed by atoms with Gasteiger partial charge >= 0.3 is 0 Å². The van der Waals surface area contributed by atoms with E-state index in [9.17, 15) is 9.90 Å². The van der Waals surface area contributed by atoms with Gasteiger partial charge in [0.2, 0.25) is 5.91 Å². The minimum atomic E-state index is -0.416. The molecule has 2 rings (SSSR count). The highest BCUT2D eigenvalue weighted by molar-refractivity contribution is 9.10. The number of amides is 1. The molecule has 0 saturated carbocycles. The highest BCUT2D eigenvalue weighted by atomic mass is 79.9. The standard InChI is InChI=1S/C11H13BrN2O2.ClH/c12-7-1-3-8(4-2-7)14-11(16)10-5-9(15)6-13-10;/h1-4,9-10,13,15H,5-6H2,(H,14,16);1H. The summed E-state index contributed by atoms with van der Waals surface area (Å²) in [5, 5.41) is 15.1. The number of rotatable bonds is 2. The molecule has 4 nitrogen and oxygen atoms in total. The molecule has 1 amide bonds. The number of hydrogen-bond acceptors (Lipinski definition) is 3. The van der Waals surface area contributed by atoms with Crippen molar-refractivity contribution in [3.8, 4) is 0 Å². The molecule has 0 radical (unpaired) electrons. The molecule has 1 saturated heterocycles. The number of aliphatic hydroxyl groups excluding tert-OH is 1. The molecular weight excluding hydrogens is 307 g/mol. The van der Waals surface area contributed by atoms with Crippen LogP contribution in [0.2, 0.25) is 0 Å². The maximum Gasteiger partial charge on any atom is 0.241 e. The van der Waals surface area contributed by atoms with Crippen molar-refractivity contribution in [2.24, 2.45) is 0 Å². The summed E-state index contributed by atoms with van der Waals surface area (Å²) in [4.78, 5) is 11.7. The predicted molar refractivity (Wildman–Crippen MR) is 72.4 cm³/mol. The summed E-state index contributed by atoms with van der Waals surface area (Å²) in [6.07, 6.45) is 0.0585. The zero-order valence-electron chi connectivity index (χ0n) is 9.02. The Morgan fingerprint density at radius 2 is 2.06 bits per heavy atom. The molecule has 1 fully saturated rings. The highest BCUT2D eigenvalue weighted by Crippen LogP contribution is 2.15. The zero-order valence-corrected chi connectivity index (χ0v) is 11.4. The van der Waals surface area contributed by atoms with Crippen LogP contribution in [0.4, 0.5) is 5.69 Å². The van der Waals surface area contributed by atoms with Gasteiger partial charge in [0.25, 0.3) is 0 Å². The van der Waals surface area contributed by atoms with Gasteiger partial charge in [0.15, 0.2) is 0 Å². The van der Waals surface area contributed by atoms with Gasteiger partial charge in [-0.2, -0.15) is 0 Å². The summed E-state index contributed by atoms with van der Waals surface area (Å²) >= 11 is 3.33. The Bertz CT molecular complexity index is 386. The lowest BCUT2D eigenvalue weighted by atomic mass is 10.2. The Kier molecular flexibility index (Phi) is 5.39. The van der Waals surface area contributed by atoms with Gasteiger partial charge in [0.05, 0.1) is 12.1 Å². The molecule has 2 unspecified atom stereocenters. The molecule has 3 N–H and O–H groups in total. The van der Waals surface area contributed by atoms with Gasteiger partial charge in [0, 0.05) is 16.7 Å². The van der Waals surface area contributed by atoms with Gasteiger partial charge < -0.3 is 15.7 Å². The van der Waals surface area contributed by atoms with Crippen molar-refractivity contribution in [3.63, 3.8) is 0 Å². The van der Waals surface area contributed by atoms with Gasteiger partial charge in [0.1, 0.15) is 0 Å². The van der Waals surface area contributed by atoms with Crippen molar-refractivity contribution in [3.05, 3.63) is 28.7 Å². The first-order chi connectivity index (χ1) is 7.65. The maximum atomic E-state index is 11.7. The van der Waals surface area contributed by atoms with E-state index in [0.717, 1.165) is 10.2 Å². The fourth-order valence-corrected chi connectivity index (χ4v) is 1.94. The van der Waals surface area contributed by atoms with E-state index < -0.39 is 6.10 Å². The minimum Gasteiger partial charge on any atom is -0.392 e. The molecule has 1 aromatic carbocycles. The first-order valence-corrected chi connectivity index (χ1v) is 5.92. The molecular formula is C11H14BrClN2O2. The molecule has 0 spiro atoms. The van der Waals surface area contributed by atoms with E-state index in [-0.39, 0.29) is 24.4 Å². The number of carbonyl (C=O) groups is 1. The summed E-state index contributed by atoms with van der Waals surface area (Å²) in [5.41, 5.74) is 0.761. The second-order valence-electron chi connectivity index (χ2n) is 3.85. The van der Waals surface area contributed by atoms with Crippen molar-refractivity contribution in [2.45, 2.75) is 18.6 Å². The molecule has 1 aromatic rings. The van der Waals surface area contributed by atoms with Crippen LogP contribution in [0.5, 0.6) is 0 Å². The monoisotopic (exact) mass is 320 g/mol. The normalized spacial score (nSPS) is 22.9. The number of benzene rings is 1. The first kappa shape index (κ1) is 14.4. The first-order valence-electron chi connectivity index (χ1n) is 5.13. The van der Waals surface area contributed by atoms with Gasteiger partial charge in [-0.15, -0.1) is 12.4 Å². The van der Waals surface area contributed by atoms with Crippen LogP contribution >= 0.6 is 28.3 Å². The number of carbonyl (C=O) groups excluding carboxylic acids is 1. The molecule has 94 valence electrons. The number of nitrogens with one attached hydrogen (secondary N) is 2. The summed E-state index contributed by atoms with van der Waals surface area (Å²) < 4.78 is 0.972. The third kappa shape index (κ3) is 3.96. The van der Waals surface area contributed by atoms with E-state index in [2.05, 4.69) is 26.6 Å². The van der Waals surface area contributed by atoms with Crippen LogP contribution < -0.4 is 10.6 Å². The lowest BCUT2D eigenvalue weighted by Gasteiger charge is -2.10. The summed E-state index contributed by atoms with van der Waals surface area (Å²) in [5.74, 6) is -0.0983. The highest BCUT2D eigenvalue weighted by Gasteiger charge is 2.27. The van der Waals surface area contributed by atoms with Crippen molar-refractivity contribution in [2.75, 3.05) is 11.9 Å². The van der Waals surface area contributed by atoms with Crippen LogP contribution in [0.1, 0.15) is 6.42 Å². The third-order valence-corrected chi connectivity index (χ3v) is 3.06. The average Bonchev–Trinajstić information content (AvgIpc) is 2.68. The van der Waals surface area contributed by atoms with Crippen LogP contribution in [0.3, 0.4) is 0 Å². The van der Waals surface area contributed by atoms with Crippen LogP contribution in [0, 0.1) is 0 Å². The number of hydrogen-bond donors (Lipinski definition) is 3. The molecule has 6 heteroatoms. The van der Waals surface area contributed by atoms with Crippen molar-refractivity contribution in [1.29, 1.82) is 0 Å². The molecule has 0 aliphatic carbocycles. The topological polar surface area (TPSA) is 61.4 Å². The largest absolute Gasteiger partial charge is 0.392 e. The number of aliphatic hydroxyl groups is 1. The summed E-state index contributed by atoms with van der Waals surface area (Å²) in [6, 6.07) is 7.10. The van der Waals surface area contributed by atoms with Gasteiger partial charge in [-0.25, -0.2) is 0 Å². The van der Waals surface area contributed by atoms with E-state index in [0.29, 0.717) is 13.0 Å². The second-order valence-corrected chi connectivity index (χ2v) is 4.76. The molecule has 17 heavy (non-hydrogen) atoms. The second kappa shape index (κ2) is 6.35. The lowest BCUT2D eigenvalue weighted by molar-refractivity contribution is -0.117. The fraction of sp³-hybridized carbons (Fsp3) is 0.364. The SMILES string of the molecule is Cl.O=C(Nc1ccc(Br)cc1)C1CC(O)CN1. The van der Waals surface area contributed by atoms with Crippen molar-refractivity contribution < 1.29 is 9.90 Å². The van der Waals surface area contributed by atoms with E-state index in [4.69, 9.17) is 0 Å². The molecule has 1 aliphatic heterocycles. The van der Waals surface area contributed by atoms with Crippen molar-refractivity contribution in [1.82, 2.24) is 5.32 Å². The van der Waals surface area contributed by atoms with E-state index in [1.165, 1.54) is 0 Å². The van der Waals surface area contributed by atoms with Gasteiger partial charge in [-0.1, -0.05) is 15.9 Å². The van der Waals surface area contributed by atoms with Gasteiger partial charge in [-0.3, -0.25) is 4.79 Å². The summed E-state index contributed by atoms with van der Waals surface area (Å²) in [6.45, 7) is 0.485. The Morgan fingerprint density at radius 3 is 2.59 bits per heavy atom. The molecule has 0 aromatic heterocycles. The van der Waals surface area contributed by atoms with Crippen LogP contribution in [0.15, 0.2) is 28.7 Å². The Labute approximate surface area is 114 Å². The zero-order chi connectivity index (χ0) is 11.5. The Morgan fingerprint density at radius 1 is 1.41 bits per heavy atom. The number of anilines is 1. The van der Waals surface area contributed by atoms with E-state index in [1.54, 1.807) is 0 Å². The average molecular weight is 322 g/mol. The predicted octanol–water partition coefficient (Wildman–Crippen LogP) is 1.53. The lowest BCUT2D eigenvalue weighted by Crippen LogP contribution is -2.35. The molecule has 2 atom stereocenters. The maximum absolute atomic E-state index is 11.7. The van der Waals surface area contributed by atoms with Crippen LogP contribution in [0.25, 0.3) is 0 Å². The quantitative estimate of drug-likeness (QED) is 0.774. The number of halogens is 2. The van der Waals surface area contributed by atoms with Crippen molar-refractivity contribution >= 4 is 39.9 Å². The molecule has 1 aliphatic rings. The Balaban J connectivity index is 0.00000144. The van der Waals surface area contributed by atoms with E-state index in [1.807, 2.05) is 24.3 Å². The fourth-order valence-electron chi connectivity index (χ4n) is 1.68. The van der Waals surface area contributed by atoms with Crippen LogP contribution in [-0.4, -0.2) is 29.7 Å². The molecule has 0 bridgehead atoms. The third-order valence-electron chi connectivity index (χ3n) is 2.54. The number of β-amino-alcohol motifs (C(OH)–C–C–N with tert-alkyl or cyclic N) is 1. The van der Waals surface area contributed by atoms with Gasteiger partial charge in [-0.05, 0) is 30.7 Å². The minimum absolute atomic E-state index is 0.